The van der Waals surface area contributed by atoms with Gasteiger partial charge in [0.05, 0.1) is 11.6 Å². The Labute approximate surface area is 133 Å². The summed E-state index contributed by atoms with van der Waals surface area (Å²) >= 11 is 0. The highest BCUT2D eigenvalue weighted by atomic mass is 16.2. The van der Waals surface area contributed by atoms with Crippen LogP contribution in [0.25, 0.3) is 10.8 Å². The standard InChI is InChI=1S/C18H17N3O2/c1-12-7-3-6-10-16(12)20-17(22)13(2)21-18(23)15-9-5-4-8-14(15)11-19-21/h3-11,13H,1-2H3,(H,20,22)/t13-/m0/s1. The van der Waals surface area contributed by atoms with E-state index in [4.69, 9.17) is 0 Å². The molecule has 0 radical (unpaired) electrons. The van der Waals surface area contributed by atoms with E-state index < -0.39 is 6.04 Å². The Morgan fingerprint density at radius 3 is 2.61 bits per heavy atom. The van der Waals surface area contributed by atoms with Crippen LogP contribution in [0.2, 0.25) is 0 Å². The van der Waals surface area contributed by atoms with E-state index >= 15 is 0 Å². The monoisotopic (exact) mass is 307 g/mol. The van der Waals surface area contributed by atoms with Crippen LogP contribution in [0.1, 0.15) is 18.5 Å². The number of carbonyl (C=O) groups is 1. The fourth-order valence-electron chi connectivity index (χ4n) is 2.44. The van der Waals surface area contributed by atoms with Crippen molar-refractivity contribution in [3.63, 3.8) is 0 Å². The lowest BCUT2D eigenvalue weighted by Crippen LogP contribution is -2.33. The van der Waals surface area contributed by atoms with Gasteiger partial charge in [0, 0.05) is 11.1 Å². The SMILES string of the molecule is Cc1ccccc1NC(=O)[C@H](C)n1ncc2ccccc2c1=O. The first-order valence-electron chi connectivity index (χ1n) is 7.41. The van der Waals surface area contributed by atoms with E-state index in [1.54, 1.807) is 25.3 Å². The summed E-state index contributed by atoms with van der Waals surface area (Å²) in [6.45, 7) is 3.58. The van der Waals surface area contributed by atoms with Gasteiger partial charge in [0.25, 0.3) is 5.56 Å². The highest BCUT2D eigenvalue weighted by molar-refractivity contribution is 5.94. The molecule has 0 fully saturated rings. The zero-order valence-corrected chi connectivity index (χ0v) is 13.0. The Morgan fingerprint density at radius 2 is 1.83 bits per heavy atom. The van der Waals surface area contributed by atoms with Gasteiger partial charge in [0.15, 0.2) is 0 Å². The van der Waals surface area contributed by atoms with Crippen molar-refractivity contribution >= 4 is 22.4 Å². The van der Waals surface area contributed by atoms with Crippen molar-refractivity contribution in [2.45, 2.75) is 19.9 Å². The summed E-state index contributed by atoms with van der Waals surface area (Å²) in [4.78, 5) is 25.0. The Bertz CT molecular complexity index is 931. The Balaban J connectivity index is 1.92. The van der Waals surface area contributed by atoms with Gasteiger partial charge in [-0.15, -0.1) is 0 Å². The van der Waals surface area contributed by atoms with Crippen LogP contribution in [0.4, 0.5) is 5.69 Å². The first-order valence-corrected chi connectivity index (χ1v) is 7.41. The first-order chi connectivity index (χ1) is 11.1. The lowest BCUT2D eigenvalue weighted by Gasteiger charge is -2.15. The number of amides is 1. The van der Waals surface area contributed by atoms with E-state index in [1.807, 2.05) is 43.3 Å². The molecule has 0 aliphatic heterocycles. The lowest BCUT2D eigenvalue weighted by atomic mass is 10.2. The molecular weight excluding hydrogens is 290 g/mol. The topological polar surface area (TPSA) is 64.0 Å². The number of anilines is 1. The second kappa shape index (κ2) is 6.04. The molecule has 3 aromatic rings. The van der Waals surface area contributed by atoms with Crippen molar-refractivity contribution in [2.24, 2.45) is 0 Å². The smallest absolute Gasteiger partial charge is 0.275 e. The molecular formula is C18H17N3O2. The minimum Gasteiger partial charge on any atom is -0.324 e. The van der Waals surface area contributed by atoms with Gasteiger partial charge < -0.3 is 5.32 Å². The lowest BCUT2D eigenvalue weighted by molar-refractivity contribution is -0.119. The van der Waals surface area contributed by atoms with Gasteiger partial charge in [-0.25, -0.2) is 4.68 Å². The molecule has 0 aliphatic carbocycles. The van der Waals surface area contributed by atoms with E-state index in [2.05, 4.69) is 10.4 Å². The summed E-state index contributed by atoms with van der Waals surface area (Å²) < 4.78 is 1.22. The molecule has 116 valence electrons. The summed E-state index contributed by atoms with van der Waals surface area (Å²) in [5.74, 6) is -0.274. The van der Waals surface area contributed by atoms with Gasteiger partial charge in [-0.3, -0.25) is 9.59 Å². The molecule has 2 aromatic carbocycles. The second-order valence-corrected chi connectivity index (χ2v) is 5.46. The molecule has 1 N–H and O–H groups in total. The quantitative estimate of drug-likeness (QED) is 0.809. The van der Waals surface area contributed by atoms with E-state index in [1.165, 1.54) is 4.68 Å². The van der Waals surface area contributed by atoms with Gasteiger partial charge in [0.2, 0.25) is 5.91 Å². The molecule has 3 rings (SSSR count). The molecule has 0 spiro atoms. The summed E-state index contributed by atoms with van der Waals surface area (Å²) in [6.07, 6.45) is 1.61. The third-order valence-corrected chi connectivity index (χ3v) is 3.87. The average Bonchev–Trinajstić information content (AvgIpc) is 2.57. The van der Waals surface area contributed by atoms with Crippen LogP contribution in [0.15, 0.2) is 59.5 Å². The summed E-state index contributed by atoms with van der Waals surface area (Å²) in [5, 5.41) is 8.30. The fourth-order valence-corrected chi connectivity index (χ4v) is 2.44. The zero-order chi connectivity index (χ0) is 16.4. The number of aryl methyl sites for hydroxylation is 1. The third kappa shape index (κ3) is 2.85. The first kappa shape index (κ1) is 15.0. The molecule has 23 heavy (non-hydrogen) atoms. The van der Waals surface area contributed by atoms with Crippen LogP contribution in [0.3, 0.4) is 0 Å². The van der Waals surface area contributed by atoms with Crippen LogP contribution >= 0.6 is 0 Å². The number of para-hydroxylation sites is 1. The third-order valence-electron chi connectivity index (χ3n) is 3.87. The molecule has 1 amide bonds. The van der Waals surface area contributed by atoms with Gasteiger partial charge in [0.1, 0.15) is 6.04 Å². The molecule has 0 unspecified atom stereocenters. The van der Waals surface area contributed by atoms with Crippen molar-refractivity contribution in [3.05, 3.63) is 70.6 Å². The molecule has 1 heterocycles. The van der Waals surface area contributed by atoms with Crippen molar-refractivity contribution in [2.75, 3.05) is 5.32 Å². The number of carbonyl (C=O) groups excluding carboxylic acids is 1. The maximum atomic E-state index is 12.5. The van der Waals surface area contributed by atoms with Gasteiger partial charge in [-0.1, -0.05) is 36.4 Å². The second-order valence-electron chi connectivity index (χ2n) is 5.46. The maximum Gasteiger partial charge on any atom is 0.275 e. The highest BCUT2D eigenvalue weighted by Crippen LogP contribution is 2.16. The summed E-state index contributed by atoms with van der Waals surface area (Å²) in [5.41, 5.74) is 1.43. The molecule has 1 aromatic heterocycles. The van der Waals surface area contributed by atoms with E-state index in [0.717, 1.165) is 16.6 Å². The minimum atomic E-state index is -0.702. The number of rotatable bonds is 3. The Kier molecular flexibility index (Phi) is 3.93. The number of fused-ring (bicyclic) bond motifs is 1. The van der Waals surface area contributed by atoms with Gasteiger partial charge >= 0.3 is 0 Å². The zero-order valence-electron chi connectivity index (χ0n) is 13.0. The van der Waals surface area contributed by atoms with E-state index in [0.29, 0.717) is 5.39 Å². The van der Waals surface area contributed by atoms with Crippen LogP contribution in [0.5, 0.6) is 0 Å². The maximum absolute atomic E-state index is 12.5. The molecule has 5 nitrogen and oxygen atoms in total. The largest absolute Gasteiger partial charge is 0.324 e. The molecule has 0 bridgehead atoms. The number of benzene rings is 2. The van der Waals surface area contributed by atoms with Crippen molar-refractivity contribution in [1.82, 2.24) is 9.78 Å². The van der Waals surface area contributed by atoms with E-state index in [-0.39, 0.29) is 11.5 Å². The van der Waals surface area contributed by atoms with Gasteiger partial charge in [-0.05, 0) is 31.5 Å². The average molecular weight is 307 g/mol. The predicted molar refractivity (Wildman–Crippen MR) is 90.5 cm³/mol. The van der Waals surface area contributed by atoms with Crippen molar-refractivity contribution < 1.29 is 4.79 Å². The van der Waals surface area contributed by atoms with Gasteiger partial charge in [-0.2, -0.15) is 5.10 Å². The summed E-state index contributed by atoms with van der Waals surface area (Å²) in [7, 11) is 0. The fraction of sp³-hybridized carbons (Fsp3) is 0.167. The molecule has 0 aliphatic rings. The van der Waals surface area contributed by atoms with Crippen LogP contribution in [-0.2, 0) is 4.79 Å². The highest BCUT2D eigenvalue weighted by Gasteiger charge is 2.18. The number of nitrogens with zero attached hydrogens (tertiary/aromatic N) is 2. The predicted octanol–water partition coefficient (Wildman–Crippen LogP) is 2.90. The molecule has 5 heteroatoms. The van der Waals surface area contributed by atoms with Crippen LogP contribution in [0, 0.1) is 6.92 Å². The molecule has 1 atom stereocenters. The molecule has 0 saturated heterocycles. The number of aromatic nitrogens is 2. The number of hydrogen-bond acceptors (Lipinski definition) is 3. The summed E-state index contributed by atoms with van der Waals surface area (Å²) in [6, 6.07) is 14.0. The van der Waals surface area contributed by atoms with E-state index in [9.17, 15) is 9.59 Å². The number of nitrogens with one attached hydrogen (secondary N) is 1. The van der Waals surface area contributed by atoms with Crippen molar-refractivity contribution in [1.29, 1.82) is 0 Å². The normalized spacial score (nSPS) is 12.1. The Morgan fingerprint density at radius 1 is 1.13 bits per heavy atom. The van der Waals surface area contributed by atoms with Crippen LogP contribution < -0.4 is 10.9 Å². The van der Waals surface area contributed by atoms with Crippen LogP contribution in [-0.4, -0.2) is 15.7 Å². The minimum absolute atomic E-state index is 0.268. The molecule has 0 saturated carbocycles. The van der Waals surface area contributed by atoms with Crippen molar-refractivity contribution in [3.8, 4) is 0 Å². The Hall–Kier alpha value is -2.95. The number of hydrogen-bond donors (Lipinski definition) is 1.